The lowest BCUT2D eigenvalue weighted by Crippen LogP contribution is -2.39. The van der Waals surface area contributed by atoms with Gasteiger partial charge in [-0.05, 0) is 24.0 Å². The number of aliphatic imine (C=N–C) groups is 1. The number of unbranched alkanes of at least 4 members (excludes halogenated alkanes) is 1. The lowest BCUT2D eigenvalue weighted by Gasteiger charge is -2.30. The summed E-state index contributed by atoms with van der Waals surface area (Å²) in [5.41, 5.74) is 2.60. The van der Waals surface area contributed by atoms with Gasteiger partial charge in [-0.25, -0.2) is 0 Å². The number of guanidine groups is 1. The molecule has 0 aromatic heterocycles. The molecule has 1 aromatic carbocycles. The number of nitrogens with zero attached hydrogens (tertiary/aromatic N) is 2. The summed E-state index contributed by atoms with van der Waals surface area (Å²) < 4.78 is 5.47. The molecule has 1 fully saturated rings. The first-order chi connectivity index (χ1) is 12.2. The van der Waals surface area contributed by atoms with Crippen LogP contribution in [0.5, 0.6) is 0 Å². The van der Waals surface area contributed by atoms with Crippen molar-refractivity contribution >= 4 is 11.6 Å². The minimum atomic E-state index is 0.777. The zero-order valence-electron chi connectivity index (χ0n) is 16.1. The van der Waals surface area contributed by atoms with E-state index in [9.17, 15) is 0 Å². The number of hydrogen-bond acceptors (Lipinski definition) is 3. The first-order valence-electron chi connectivity index (χ1n) is 9.56. The van der Waals surface area contributed by atoms with E-state index < -0.39 is 0 Å². The van der Waals surface area contributed by atoms with Crippen molar-refractivity contribution in [1.82, 2.24) is 10.6 Å². The number of nitrogens with one attached hydrogen (secondary N) is 2. The van der Waals surface area contributed by atoms with Crippen LogP contribution in [0.3, 0.4) is 0 Å². The van der Waals surface area contributed by atoms with Crippen molar-refractivity contribution < 1.29 is 4.74 Å². The van der Waals surface area contributed by atoms with E-state index in [-0.39, 0.29) is 0 Å². The predicted octanol–water partition coefficient (Wildman–Crippen LogP) is 3.01. The van der Waals surface area contributed by atoms with Gasteiger partial charge in [0, 0.05) is 38.9 Å². The summed E-state index contributed by atoms with van der Waals surface area (Å²) in [5.74, 6) is 1.66. The van der Waals surface area contributed by atoms with E-state index in [1.165, 1.54) is 30.5 Å². The maximum atomic E-state index is 5.47. The van der Waals surface area contributed by atoms with E-state index in [4.69, 9.17) is 4.74 Å². The first-order valence-corrected chi connectivity index (χ1v) is 9.56. The molecule has 140 valence electrons. The van der Waals surface area contributed by atoms with Gasteiger partial charge in [0.1, 0.15) is 0 Å². The summed E-state index contributed by atoms with van der Waals surface area (Å²) in [6, 6.07) is 8.59. The summed E-state index contributed by atoms with van der Waals surface area (Å²) in [6.07, 6.45) is 3.74. The van der Waals surface area contributed by atoms with Crippen LogP contribution in [0.4, 0.5) is 5.69 Å². The van der Waals surface area contributed by atoms with Crippen molar-refractivity contribution in [1.29, 1.82) is 0 Å². The van der Waals surface area contributed by atoms with Gasteiger partial charge in [0.15, 0.2) is 5.96 Å². The van der Waals surface area contributed by atoms with E-state index in [0.29, 0.717) is 0 Å². The molecular weight excluding hydrogens is 312 g/mol. The quantitative estimate of drug-likeness (QED) is 0.432. The Morgan fingerprint density at radius 2 is 1.92 bits per heavy atom. The third-order valence-electron chi connectivity index (χ3n) is 4.51. The fourth-order valence-electron chi connectivity index (χ4n) is 3.06. The van der Waals surface area contributed by atoms with E-state index in [0.717, 1.165) is 51.3 Å². The molecule has 0 atom stereocenters. The summed E-state index contributed by atoms with van der Waals surface area (Å²) in [7, 11) is 1.83. The van der Waals surface area contributed by atoms with E-state index >= 15 is 0 Å². The van der Waals surface area contributed by atoms with E-state index in [2.05, 4.69) is 58.6 Å². The Labute approximate surface area is 152 Å². The average molecular weight is 347 g/mol. The molecule has 5 heteroatoms. The molecule has 0 saturated carbocycles. The molecule has 2 N–H and O–H groups in total. The second-order valence-corrected chi connectivity index (χ2v) is 6.97. The molecule has 0 amide bonds. The van der Waals surface area contributed by atoms with Gasteiger partial charge in [0.2, 0.25) is 0 Å². The molecule has 1 saturated heterocycles. The lowest BCUT2D eigenvalue weighted by molar-refractivity contribution is 0.122. The predicted molar refractivity (Wildman–Crippen MR) is 106 cm³/mol. The number of ether oxygens (including phenoxy) is 1. The number of para-hydroxylation sites is 1. The molecule has 0 unspecified atom stereocenters. The highest BCUT2D eigenvalue weighted by Gasteiger charge is 2.14. The SMILES string of the molecule is CN=C(NCCCCC(C)C)NCc1ccccc1N1CCOCC1. The highest BCUT2D eigenvalue weighted by atomic mass is 16.5. The third-order valence-corrected chi connectivity index (χ3v) is 4.51. The number of benzene rings is 1. The standard InChI is InChI=1S/C20H34N4O/c1-17(2)8-6-7-11-22-20(21-3)23-16-18-9-4-5-10-19(18)24-12-14-25-15-13-24/h4-5,9-10,17H,6-8,11-16H2,1-3H3,(H2,21,22,23). The van der Waals surface area contributed by atoms with Crippen LogP contribution in [0, 0.1) is 5.92 Å². The Kier molecular flexibility index (Phi) is 8.60. The Bertz CT molecular complexity index is 524. The zero-order chi connectivity index (χ0) is 17.9. The topological polar surface area (TPSA) is 48.9 Å². The summed E-state index contributed by atoms with van der Waals surface area (Å²) in [4.78, 5) is 6.74. The molecule has 1 heterocycles. The Hall–Kier alpha value is -1.75. The van der Waals surface area contributed by atoms with Crippen LogP contribution >= 0.6 is 0 Å². The summed E-state index contributed by atoms with van der Waals surface area (Å²) in [6.45, 7) is 9.83. The smallest absolute Gasteiger partial charge is 0.191 e. The van der Waals surface area contributed by atoms with Crippen LogP contribution < -0.4 is 15.5 Å². The molecule has 1 aliphatic heterocycles. The normalized spacial score (nSPS) is 15.5. The largest absolute Gasteiger partial charge is 0.378 e. The lowest BCUT2D eigenvalue weighted by atomic mass is 10.1. The number of morpholine rings is 1. The molecule has 1 aromatic rings. The van der Waals surface area contributed by atoms with E-state index in [1.54, 1.807) is 0 Å². The fourth-order valence-corrected chi connectivity index (χ4v) is 3.06. The van der Waals surface area contributed by atoms with Crippen LogP contribution in [0.2, 0.25) is 0 Å². The third kappa shape index (κ3) is 6.94. The van der Waals surface area contributed by atoms with E-state index in [1.807, 2.05) is 7.05 Å². The van der Waals surface area contributed by atoms with Gasteiger partial charge in [-0.3, -0.25) is 4.99 Å². The van der Waals surface area contributed by atoms with Crippen LogP contribution in [0.25, 0.3) is 0 Å². The summed E-state index contributed by atoms with van der Waals surface area (Å²) in [5, 5.41) is 6.86. The second-order valence-electron chi connectivity index (χ2n) is 6.97. The molecule has 5 nitrogen and oxygen atoms in total. The Balaban J connectivity index is 1.81. The summed E-state index contributed by atoms with van der Waals surface area (Å²) >= 11 is 0. The molecule has 2 rings (SSSR count). The van der Waals surface area contributed by atoms with Crippen molar-refractivity contribution in [2.75, 3.05) is 44.8 Å². The second kappa shape index (κ2) is 11.0. The molecular formula is C20H34N4O. The minimum Gasteiger partial charge on any atom is -0.378 e. The van der Waals surface area contributed by atoms with Crippen LogP contribution in [0.1, 0.15) is 38.7 Å². The maximum Gasteiger partial charge on any atom is 0.191 e. The maximum absolute atomic E-state index is 5.47. The van der Waals surface area contributed by atoms with Crippen LogP contribution in [-0.4, -0.2) is 45.9 Å². The van der Waals surface area contributed by atoms with Crippen molar-refractivity contribution in [2.45, 2.75) is 39.7 Å². The van der Waals surface area contributed by atoms with Crippen molar-refractivity contribution in [3.8, 4) is 0 Å². The zero-order valence-corrected chi connectivity index (χ0v) is 16.1. The Morgan fingerprint density at radius 1 is 1.16 bits per heavy atom. The van der Waals surface area contributed by atoms with Gasteiger partial charge in [-0.1, -0.05) is 44.9 Å². The van der Waals surface area contributed by atoms with Gasteiger partial charge in [0.05, 0.1) is 13.2 Å². The van der Waals surface area contributed by atoms with Crippen LogP contribution in [-0.2, 0) is 11.3 Å². The first kappa shape index (κ1) is 19.6. The highest BCUT2D eigenvalue weighted by molar-refractivity contribution is 5.79. The molecule has 0 spiro atoms. The molecule has 25 heavy (non-hydrogen) atoms. The monoisotopic (exact) mass is 346 g/mol. The van der Waals surface area contributed by atoms with Crippen molar-refractivity contribution in [2.24, 2.45) is 10.9 Å². The highest BCUT2D eigenvalue weighted by Crippen LogP contribution is 2.21. The molecule has 0 radical (unpaired) electrons. The van der Waals surface area contributed by atoms with Gasteiger partial charge >= 0.3 is 0 Å². The van der Waals surface area contributed by atoms with Gasteiger partial charge < -0.3 is 20.3 Å². The number of hydrogen-bond donors (Lipinski definition) is 2. The average Bonchev–Trinajstić information content (AvgIpc) is 2.64. The number of anilines is 1. The molecule has 1 aliphatic rings. The minimum absolute atomic E-state index is 0.777. The van der Waals surface area contributed by atoms with Crippen LogP contribution in [0.15, 0.2) is 29.3 Å². The number of rotatable bonds is 8. The van der Waals surface area contributed by atoms with Gasteiger partial charge in [0.25, 0.3) is 0 Å². The molecule has 0 bridgehead atoms. The van der Waals surface area contributed by atoms with Gasteiger partial charge in [-0.15, -0.1) is 0 Å². The van der Waals surface area contributed by atoms with Gasteiger partial charge in [-0.2, -0.15) is 0 Å². The molecule has 0 aliphatic carbocycles. The van der Waals surface area contributed by atoms with Crippen molar-refractivity contribution in [3.63, 3.8) is 0 Å². The fraction of sp³-hybridized carbons (Fsp3) is 0.650. The van der Waals surface area contributed by atoms with Crippen molar-refractivity contribution in [3.05, 3.63) is 29.8 Å². The Morgan fingerprint density at radius 3 is 2.64 bits per heavy atom.